The van der Waals surface area contributed by atoms with Gasteiger partial charge in [-0.1, -0.05) is 11.6 Å². The van der Waals surface area contributed by atoms with Crippen LogP contribution in [0.3, 0.4) is 0 Å². The second-order valence-corrected chi connectivity index (χ2v) is 5.56. The predicted octanol–water partition coefficient (Wildman–Crippen LogP) is 3.15. The first-order chi connectivity index (χ1) is 9.58. The monoisotopic (exact) mass is 298 g/mol. The van der Waals surface area contributed by atoms with E-state index in [9.17, 15) is 10.1 Å². The quantitative estimate of drug-likeness (QED) is 0.670. The molecule has 1 aromatic carbocycles. The summed E-state index contributed by atoms with van der Waals surface area (Å²) in [4.78, 5) is 10.4. The number of nitrogens with one attached hydrogen (secondary N) is 1. The van der Waals surface area contributed by atoms with Crippen molar-refractivity contribution >= 4 is 17.3 Å². The van der Waals surface area contributed by atoms with Crippen molar-refractivity contribution in [2.75, 3.05) is 13.2 Å². The fourth-order valence-corrected chi connectivity index (χ4v) is 2.65. The van der Waals surface area contributed by atoms with E-state index in [0.29, 0.717) is 23.5 Å². The molecular formula is C14H19ClN2O3. The second-order valence-electron chi connectivity index (χ2n) is 5.15. The molecule has 1 saturated heterocycles. The van der Waals surface area contributed by atoms with Crippen molar-refractivity contribution in [1.29, 1.82) is 0 Å². The Morgan fingerprint density at radius 3 is 2.85 bits per heavy atom. The lowest BCUT2D eigenvalue weighted by Crippen LogP contribution is -2.36. The Labute approximate surface area is 123 Å². The highest BCUT2D eigenvalue weighted by Crippen LogP contribution is 2.23. The van der Waals surface area contributed by atoms with Gasteiger partial charge in [0.15, 0.2) is 0 Å². The molecule has 0 spiro atoms. The number of ether oxygens (including phenoxy) is 1. The van der Waals surface area contributed by atoms with E-state index in [1.54, 1.807) is 6.07 Å². The molecule has 5 nitrogen and oxygen atoms in total. The molecule has 0 aromatic heterocycles. The van der Waals surface area contributed by atoms with Gasteiger partial charge < -0.3 is 10.1 Å². The van der Waals surface area contributed by atoms with Crippen LogP contribution < -0.4 is 5.32 Å². The Bertz CT molecular complexity index is 475. The number of hydrogen-bond donors (Lipinski definition) is 1. The normalized spacial score (nSPS) is 17.9. The first-order valence-corrected chi connectivity index (χ1v) is 7.19. The summed E-state index contributed by atoms with van der Waals surface area (Å²) in [6, 6.07) is 4.88. The standard InChI is InChI=1S/C14H19ClN2O3/c1-10(11-4-6-20-7-5-11)16-9-12-8-13(17(18)19)2-3-14(12)15/h2-3,8,10-11,16H,4-7,9H2,1H3. The van der Waals surface area contributed by atoms with Gasteiger partial charge in [-0.3, -0.25) is 10.1 Å². The van der Waals surface area contributed by atoms with Gasteiger partial charge in [-0.25, -0.2) is 0 Å². The van der Waals surface area contributed by atoms with Crippen molar-refractivity contribution in [3.8, 4) is 0 Å². The maximum atomic E-state index is 10.8. The van der Waals surface area contributed by atoms with Crippen molar-refractivity contribution in [3.63, 3.8) is 0 Å². The number of nitro groups is 1. The molecular weight excluding hydrogens is 280 g/mol. The summed E-state index contributed by atoms with van der Waals surface area (Å²) in [6.07, 6.45) is 2.10. The fraction of sp³-hybridized carbons (Fsp3) is 0.571. The van der Waals surface area contributed by atoms with Crippen LogP contribution in [0.4, 0.5) is 5.69 Å². The summed E-state index contributed by atoms with van der Waals surface area (Å²) in [5.74, 6) is 0.584. The van der Waals surface area contributed by atoms with Crippen molar-refractivity contribution in [1.82, 2.24) is 5.32 Å². The smallest absolute Gasteiger partial charge is 0.269 e. The molecule has 1 N–H and O–H groups in total. The third-order valence-corrected chi connectivity index (χ3v) is 4.20. The Hall–Kier alpha value is -1.17. The molecule has 0 aliphatic carbocycles. The molecule has 0 bridgehead atoms. The number of hydrogen-bond acceptors (Lipinski definition) is 4. The van der Waals surface area contributed by atoms with Crippen molar-refractivity contribution in [3.05, 3.63) is 38.9 Å². The molecule has 110 valence electrons. The lowest BCUT2D eigenvalue weighted by atomic mass is 9.93. The predicted molar refractivity (Wildman–Crippen MR) is 78.0 cm³/mol. The minimum Gasteiger partial charge on any atom is -0.381 e. The fourth-order valence-electron chi connectivity index (χ4n) is 2.46. The van der Waals surface area contributed by atoms with E-state index < -0.39 is 4.92 Å². The summed E-state index contributed by atoms with van der Waals surface area (Å²) in [5, 5.41) is 14.7. The summed E-state index contributed by atoms with van der Waals surface area (Å²) in [5.41, 5.74) is 0.838. The highest BCUT2D eigenvalue weighted by molar-refractivity contribution is 6.31. The Morgan fingerprint density at radius 1 is 1.50 bits per heavy atom. The molecule has 0 saturated carbocycles. The van der Waals surface area contributed by atoms with Gasteiger partial charge in [0.05, 0.1) is 4.92 Å². The summed E-state index contributed by atoms with van der Waals surface area (Å²) in [6.45, 7) is 4.31. The third kappa shape index (κ3) is 3.91. The van der Waals surface area contributed by atoms with Crippen LogP contribution in [0.5, 0.6) is 0 Å². The lowest BCUT2D eigenvalue weighted by Gasteiger charge is -2.28. The van der Waals surface area contributed by atoms with Gasteiger partial charge in [0, 0.05) is 43.0 Å². The topological polar surface area (TPSA) is 64.4 Å². The van der Waals surface area contributed by atoms with E-state index in [1.165, 1.54) is 12.1 Å². The number of rotatable bonds is 5. The Balaban J connectivity index is 1.95. The molecule has 0 radical (unpaired) electrons. The molecule has 1 heterocycles. The average molecular weight is 299 g/mol. The molecule has 1 aliphatic heterocycles. The second kappa shape index (κ2) is 7.02. The van der Waals surface area contributed by atoms with Gasteiger partial charge in [-0.05, 0) is 37.3 Å². The summed E-state index contributed by atoms with van der Waals surface area (Å²) in [7, 11) is 0. The molecule has 20 heavy (non-hydrogen) atoms. The molecule has 1 atom stereocenters. The van der Waals surface area contributed by atoms with Gasteiger partial charge >= 0.3 is 0 Å². The van der Waals surface area contributed by atoms with Gasteiger partial charge in [-0.15, -0.1) is 0 Å². The number of benzene rings is 1. The molecule has 1 unspecified atom stereocenters. The number of nitrogens with zero attached hydrogens (tertiary/aromatic N) is 1. The zero-order chi connectivity index (χ0) is 14.5. The van der Waals surface area contributed by atoms with Crippen molar-refractivity contribution in [2.24, 2.45) is 5.92 Å². The van der Waals surface area contributed by atoms with E-state index >= 15 is 0 Å². The zero-order valence-corrected chi connectivity index (χ0v) is 12.2. The van der Waals surface area contributed by atoms with Crippen molar-refractivity contribution < 1.29 is 9.66 Å². The van der Waals surface area contributed by atoms with Crippen LogP contribution >= 0.6 is 11.6 Å². The molecule has 1 aliphatic rings. The number of non-ortho nitro benzene ring substituents is 1. The largest absolute Gasteiger partial charge is 0.381 e. The van der Waals surface area contributed by atoms with Crippen LogP contribution in [-0.4, -0.2) is 24.2 Å². The maximum absolute atomic E-state index is 10.8. The van der Waals surface area contributed by atoms with E-state index in [0.717, 1.165) is 31.6 Å². The SMILES string of the molecule is CC(NCc1cc([N+](=O)[O-])ccc1Cl)C1CCOCC1. The van der Waals surface area contributed by atoms with Gasteiger partial charge in [0.1, 0.15) is 0 Å². The first-order valence-electron chi connectivity index (χ1n) is 6.82. The van der Waals surface area contributed by atoms with Crippen molar-refractivity contribution in [2.45, 2.75) is 32.4 Å². The Kier molecular flexibility index (Phi) is 5.34. The highest BCUT2D eigenvalue weighted by atomic mass is 35.5. The third-order valence-electron chi connectivity index (χ3n) is 3.83. The van der Waals surface area contributed by atoms with Gasteiger partial charge in [0.2, 0.25) is 0 Å². The first kappa shape index (κ1) is 15.2. The minimum atomic E-state index is -0.401. The lowest BCUT2D eigenvalue weighted by molar-refractivity contribution is -0.384. The molecule has 0 amide bonds. The van der Waals surface area contributed by atoms with Crippen LogP contribution in [-0.2, 0) is 11.3 Å². The number of halogens is 1. The molecule has 1 fully saturated rings. The van der Waals surface area contributed by atoms with E-state index in [2.05, 4.69) is 12.2 Å². The van der Waals surface area contributed by atoms with E-state index in [4.69, 9.17) is 16.3 Å². The highest BCUT2D eigenvalue weighted by Gasteiger charge is 2.20. The average Bonchev–Trinajstić information content (AvgIpc) is 2.46. The van der Waals surface area contributed by atoms with Crippen LogP contribution in [0.1, 0.15) is 25.3 Å². The Morgan fingerprint density at radius 2 is 2.20 bits per heavy atom. The maximum Gasteiger partial charge on any atom is 0.269 e. The zero-order valence-electron chi connectivity index (χ0n) is 11.5. The number of nitro benzene ring substituents is 1. The van der Waals surface area contributed by atoms with Gasteiger partial charge in [0.25, 0.3) is 5.69 Å². The van der Waals surface area contributed by atoms with Crippen LogP contribution in [0.2, 0.25) is 5.02 Å². The van der Waals surface area contributed by atoms with Crippen LogP contribution in [0, 0.1) is 16.0 Å². The van der Waals surface area contributed by atoms with E-state index in [1.807, 2.05) is 0 Å². The molecule has 1 aromatic rings. The molecule has 2 rings (SSSR count). The van der Waals surface area contributed by atoms with Crippen LogP contribution in [0.25, 0.3) is 0 Å². The summed E-state index contributed by atoms with van der Waals surface area (Å²) < 4.78 is 5.35. The van der Waals surface area contributed by atoms with Crippen LogP contribution in [0.15, 0.2) is 18.2 Å². The molecule has 6 heteroatoms. The minimum absolute atomic E-state index is 0.0740. The summed E-state index contributed by atoms with van der Waals surface area (Å²) >= 11 is 6.09. The van der Waals surface area contributed by atoms with Gasteiger partial charge in [-0.2, -0.15) is 0 Å². The van der Waals surface area contributed by atoms with E-state index in [-0.39, 0.29) is 5.69 Å².